The highest BCUT2D eigenvalue weighted by Gasteiger charge is 2.27. The van der Waals surface area contributed by atoms with Gasteiger partial charge >= 0.3 is 6.55 Å². The lowest BCUT2D eigenvalue weighted by molar-refractivity contribution is 0.0538. The van der Waals surface area contributed by atoms with Crippen LogP contribution >= 0.6 is 15.9 Å². The first-order valence-electron chi connectivity index (χ1n) is 7.95. The first kappa shape index (κ1) is 20.3. The molecule has 1 aromatic carbocycles. The van der Waals surface area contributed by atoms with Crippen molar-refractivity contribution in [1.82, 2.24) is 19.6 Å². The van der Waals surface area contributed by atoms with Crippen molar-refractivity contribution in [2.45, 2.75) is 32.0 Å². The van der Waals surface area contributed by atoms with Crippen molar-refractivity contribution < 1.29 is 21.9 Å². The van der Waals surface area contributed by atoms with Crippen molar-refractivity contribution in [3.8, 4) is 5.75 Å². The van der Waals surface area contributed by atoms with E-state index in [4.69, 9.17) is 4.74 Å². The van der Waals surface area contributed by atoms with Crippen LogP contribution in [0.2, 0.25) is 0 Å². The van der Waals surface area contributed by atoms with E-state index in [1.807, 2.05) is 12.1 Å². The predicted octanol–water partition coefficient (Wildman–Crippen LogP) is 3.69. The van der Waals surface area contributed by atoms with Gasteiger partial charge in [-0.05, 0) is 38.1 Å². The Balaban J connectivity index is 1.73. The number of nitrogens with zero attached hydrogens (tertiary/aromatic N) is 4. The summed E-state index contributed by atoms with van der Waals surface area (Å²) in [6.45, 7) is -0.238. The van der Waals surface area contributed by atoms with Gasteiger partial charge < -0.3 is 4.74 Å². The highest BCUT2D eigenvalue weighted by atomic mass is 79.9. The molecule has 0 bridgehead atoms. The zero-order chi connectivity index (χ0) is 20.5. The normalized spacial score (nSPS) is 11.8. The predicted molar refractivity (Wildman–Crippen MR) is 101 cm³/mol. The van der Waals surface area contributed by atoms with Gasteiger partial charge in [0.25, 0.3) is 10.0 Å². The molecule has 0 aliphatic carbocycles. The van der Waals surface area contributed by atoms with E-state index in [9.17, 15) is 17.2 Å². The molecule has 0 saturated carbocycles. The number of hydrogen-bond donors (Lipinski definition) is 1. The SMILES string of the molecule is Cc1nn(C(F)F)c(C)c1S(=O)(=O)Nc1cnn(COc2ccc(Br)cc2)c1. The van der Waals surface area contributed by atoms with Crippen LogP contribution < -0.4 is 9.46 Å². The lowest BCUT2D eigenvalue weighted by Gasteiger charge is -2.07. The van der Waals surface area contributed by atoms with Crippen LogP contribution in [0.5, 0.6) is 5.75 Å². The fourth-order valence-electron chi connectivity index (χ4n) is 2.59. The zero-order valence-corrected chi connectivity index (χ0v) is 17.2. The fourth-order valence-corrected chi connectivity index (χ4v) is 4.29. The summed E-state index contributed by atoms with van der Waals surface area (Å²) in [7, 11) is -4.11. The van der Waals surface area contributed by atoms with Gasteiger partial charge in [-0.3, -0.25) is 4.72 Å². The molecule has 0 unspecified atom stereocenters. The average molecular weight is 476 g/mol. The molecule has 3 aromatic rings. The van der Waals surface area contributed by atoms with E-state index in [0.29, 0.717) is 10.4 Å². The summed E-state index contributed by atoms with van der Waals surface area (Å²) in [5.74, 6) is 0.617. The van der Waals surface area contributed by atoms with Gasteiger partial charge in [-0.1, -0.05) is 15.9 Å². The third kappa shape index (κ3) is 4.33. The second kappa shape index (κ2) is 7.87. The van der Waals surface area contributed by atoms with Crippen molar-refractivity contribution >= 4 is 31.6 Å². The first-order valence-corrected chi connectivity index (χ1v) is 10.2. The maximum absolute atomic E-state index is 12.9. The van der Waals surface area contributed by atoms with Gasteiger partial charge in [-0.2, -0.15) is 19.0 Å². The maximum atomic E-state index is 12.9. The van der Waals surface area contributed by atoms with Crippen molar-refractivity contribution in [2.24, 2.45) is 0 Å². The van der Waals surface area contributed by atoms with Crippen molar-refractivity contribution in [3.63, 3.8) is 0 Å². The van der Waals surface area contributed by atoms with Crippen LogP contribution in [0, 0.1) is 13.8 Å². The molecule has 0 atom stereocenters. The minimum atomic E-state index is -4.11. The van der Waals surface area contributed by atoms with E-state index in [-0.39, 0.29) is 28.7 Å². The number of aryl methyl sites for hydroxylation is 1. The van der Waals surface area contributed by atoms with Crippen LogP contribution in [0.25, 0.3) is 0 Å². The third-order valence-corrected chi connectivity index (χ3v) is 5.94. The molecule has 12 heteroatoms. The molecule has 0 aliphatic heterocycles. The minimum absolute atomic E-state index is 0.0173. The van der Waals surface area contributed by atoms with Crippen LogP contribution in [-0.4, -0.2) is 28.0 Å². The van der Waals surface area contributed by atoms with Crippen LogP contribution in [0.3, 0.4) is 0 Å². The molecular formula is C16H16BrF2N5O3S. The number of sulfonamides is 1. The number of halogens is 3. The largest absolute Gasteiger partial charge is 0.471 e. The standard InChI is InChI=1S/C16H16BrF2N5O3S/c1-10-15(11(2)24(21-10)16(18)19)28(25,26)22-13-7-20-23(8-13)9-27-14-5-3-12(17)4-6-14/h3-8,16,22H,9H2,1-2H3. The Morgan fingerprint density at radius 3 is 2.54 bits per heavy atom. The molecule has 8 nitrogen and oxygen atoms in total. The van der Waals surface area contributed by atoms with Gasteiger partial charge in [0, 0.05) is 4.47 Å². The molecule has 2 heterocycles. The summed E-state index contributed by atoms with van der Waals surface area (Å²) in [5.41, 5.74) is 0.00484. The van der Waals surface area contributed by atoms with E-state index < -0.39 is 16.6 Å². The number of rotatable bonds is 7. The van der Waals surface area contributed by atoms with Crippen molar-refractivity contribution in [3.05, 3.63) is 52.5 Å². The molecule has 3 rings (SSSR count). The monoisotopic (exact) mass is 475 g/mol. The summed E-state index contributed by atoms with van der Waals surface area (Å²) in [6.07, 6.45) is 2.73. The molecule has 0 spiro atoms. The Morgan fingerprint density at radius 1 is 1.25 bits per heavy atom. The average Bonchev–Trinajstić information content (AvgIpc) is 3.17. The molecule has 0 radical (unpaired) electrons. The van der Waals surface area contributed by atoms with E-state index in [2.05, 4.69) is 30.8 Å². The lowest BCUT2D eigenvalue weighted by Crippen LogP contribution is -2.15. The summed E-state index contributed by atoms with van der Waals surface area (Å²) < 4.78 is 61.7. The van der Waals surface area contributed by atoms with Crippen LogP contribution in [0.1, 0.15) is 17.9 Å². The van der Waals surface area contributed by atoms with E-state index in [0.717, 1.165) is 4.47 Å². The molecule has 2 aromatic heterocycles. The van der Waals surface area contributed by atoms with E-state index in [1.54, 1.807) is 12.1 Å². The molecule has 150 valence electrons. The maximum Gasteiger partial charge on any atom is 0.333 e. The molecular weight excluding hydrogens is 460 g/mol. The molecule has 28 heavy (non-hydrogen) atoms. The fraction of sp³-hybridized carbons (Fsp3) is 0.250. The Labute approximate surface area is 168 Å². The number of anilines is 1. The van der Waals surface area contributed by atoms with Crippen LogP contribution in [-0.2, 0) is 16.8 Å². The highest BCUT2D eigenvalue weighted by molar-refractivity contribution is 9.10. The summed E-state index contributed by atoms with van der Waals surface area (Å²) in [4.78, 5) is -0.285. The topological polar surface area (TPSA) is 91.0 Å². The third-order valence-electron chi connectivity index (χ3n) is 3.77. The number of hydrogen-bond acceptors (Lipinski definition) is 5. The second-order valence-electron chi connectivity index (χ2n) is 5.82. The summed E-state index contributed by atoms with van der Waals surface area (Å²) in [5, 5.41) is 7.61. The number of ether oxygens (including phenoxy) is 1. The van der Waals surface area contributed by atoms with Gasteiger partial charge in [0.2, 0.25) is 0 Å². The van der Waals surface area contributed by atoms with Crippen molar-refractivity contribution in [2.75, 3.05) is 4.72 Å². The minimum Gasteiger partial charge on any atom is -0.471 e. The first-order chi connectivity index (χ1) is 13.2. The van der Waals surface area contributed by atoms with E-state index in [1.165, 1.54) is 30.9 Å². The Kier molecular flexibility index (Phi) is 5.70. The number of nitrogens with one attached hydrogen (secondary N) is 1. The molecule has 0 saturated heterocycles. The number of aromatic nitrogens is 4. The van der Waals surface area contributed by atoms with Crippen molar-refractivity contribution in [1.29, 1.82) is 0 Å². The smallest absolute Gasteiger partial charge is 0.333 e. The summed E-state index contributed by atoms with van der Waals surface area (Å²) >= 11 is 3.33. The molecule has 0 fully saturated rings. The van der Waals surface area contributed by atoms with E-state index >= 15 is 0 Å². The van der Waals surface area contributed by atoms with Gasteiger partial charge in [-0.25, -0.2) is 17.8 Å². The number of alkyl halides is 2. The second-order valence-corrected chi connectivity index (χ2v) is 8.36. The summed E-state index contributed by atoms with van der Waals surface area (Å²) in [6, 6.07) is 7.18. The van der Waals surface area contributed by atoms with Gasteiger partial charge in [0.1, 0.15) is 10.6 Å². The molecule has 1 N–H and O–H groups in total. The van der Waals surface area contributed by atoms with Gasteiger partial charge in [-0.15, -0.1) is 0 Å². The molecule has 0 amide bonds. The van der Waals surface area contributed by atoms with Gasteiger partial charge in [0.05, 0.1) is 29.5 Å². The van der Waals surface area contributed by atoms with Crippen LogP contribution in [0.4, 0.5) is 14.5 Å². The zero-order valence-electron chi connectivity index (χ0n) is 14.8. The molecule has 0 aliphatic rings. The number of benzene rings is 1. The highest BCUT2D eigenvalue weighted by Crippen LogP contribution is 2.25. The van der Waals surface area contributed by atoms with Gasteiger partial charge in [0.15, 0.2) is 6.73 Å². The van der Waals surface area contributed by atoms with Crippen LogP contribution in [0.15, 0.2) is 46.0 Å². The quantitative estimate of drug-likeness (QED) is 0.562. The Morgan fingerprint density at radius 2 is 1.93 bits per heavy atom. The lowest BCUT2D eigenvalue weighted by atomic mass is 10.3. The Hall–Kier alpha value is -2.47. The Bertz CT molecular complexity index is 1080.